The van der Waals surface area contributed by atoms with Crippen molar-refractivity contribution < 1.29 is 33.0 Å². The third-order valence-corrected chi connectivity index (χ3v) is 8.34. The Kier molecular flexibility index (Phi) is 8.06. The predicted molar refractivity (Wildman–Crippen MR) is 146 cm³/mol. The average molecular weight is 577 g/mol. The van der Waals surface area contributed by atoms with Crippen molar-refractivity contribution in [2.45, 2.75) is 58.0 Å². The molecule has 1 aliphatic carbocycles. The van der Waals surface area contributed by atoms with Crippen LogP contribution in [-0.4, -0.2) is 71.1 Å². The van der Waals surface area contributed by atoms with Crippen molar-refractivity contribution in [2.75, 3.05) is 18.9 Å². The number of carbonyl (C=O) groups is 1. The molecule has 2 aromatic heterocycles. The van der Waals surface area contributed by atoms with Crippen molar-refractivity contribution in [3.05, 3.63) is 55.1 Å². The van der Waals surface area contributed by atoms with Crippen LogP contribution in [0.15, 0.2) is 55.1 Å². The number of nitrogens with zero attached hydrogens (tertiary/aromatic N) is 5. The SMILES string of the molecule is C=C1[C@@H](n2cnc3c(N)ncnc32)C[C@H](O)[C@@]1(F)CN([C@@H](C)C(=O)OCC(C)(C)C)P(=O)(O)Oc1ccccc1. The smallest absolute Gasteiger partial charge is 0.459 e. The molecular weight excluding hydrogens is 542 g/mol. The summed E-state index contributed by atoms with van der Waals surface area (Å²) in [6.07, 6.45) is 0.835. The van der Waals surface area contributed by atoms with Crippen LogP contribution >= 0.6 is 7.75 Å². The van der Waals surface area contributed by atoms with Crippen molar-refractivity contribution in [3.63, 3.8) is 0 Å². The van der Waals surface area contributed by atoms with E-state index in [4.69, 9.17) is 15.0 Å². The number of anilines is 1. The van der Waals surface area contributed by atoms with Crippen molar-refractivity contribution in [1.29, 1.82) is 0 Å². The maximum atomic E-state index is 16.8. The summed E-state index contributed by atoms with van der Waals surface area (Å²) in [5.41, 5.74) is 3.38. The number of halogens is 1. The number of fused-ring (bicyclic) bond motifs is 1. The number of aromatic nitrogens is 4. The van der Waals surface area contributed by atoms with Crippen LogP contribution in [0.1, 0.15) is 40.2 Å². The Morgan fingerprint density at radius 3 is 2.65 bits per heavy atom. The Balaban J connectivity index is 1.67. The molecule has 12 nitrogen and oxygen atoms in total. The summed E-state index contributed by atoms with van der Waals surface area (Å²) in [6, 6.07) is 5.53. The van der Waals surface area contributed by atoms with Crippen molar-refractivity contribution in [1.82, 2.24) is 24.2 Å². The molecule has 0 bridgehead atoms. The fraction of sp³-hybridized carbons (Fsp3) is 0.462. The quantitative estimate of drug-likeness (QED) is 0.194. The van der Waals surface area contributed by atoms with E-state index in [1.54, 1.807) is 18.2 Å². The molecule has 0 aliphatic heterocycles. The number of carbonyl (C=O) groups excluding carboxylic acids is 1. The number of imidazole rings is 1. The topological polar surface area (TPSA) is 166 Å². The molecule has 3 aromatic rings. The summed E-state index contributed by atoms with van der Waals surface area (Å²) in [7, 11) is -4.89. The molecule has 0 amide bonds. The normalized spacial score (nSPS) is 23.8. The van der Waals surface area contributed by atoms with E-state index in [1.165, 1.54) is 36.3 Å². The third kappa shape index (κ3) is 5.87. The van der Waals surface area contributed by atoms with Gasteiger partial charge >= 0.3 is 13.7 Å². The Bertz CT molecular complexity index is 1450. The molecule has 0 saturated heterocycles. The van der Waals surface area contributed by atoms with Crippen LogP contribution in [0.25, 0.3) is 11.2 Å². The predicted octanol–water partition coefficient (Wildman–Crippen LogP) is 3.44. The first kappa shape index (κ1) is 29.6. The molecule has 4 rings (SSSR count). The van der Waals surface area contributed by atoms with Crippen molar-refractivity contribution in [3.8, 4) is 5.75 Å². The minimum Gasteiger partial charge on any atom is -0.464 e. The number of nitrogen functional groups attached to an aromatic ring is 1. The van der Waals surface area contributed by atoms with Crippen LogP contribution in [0.4, 0.5) is 10.2 Å². The van der Waals surface area contributed by atoms with Gasteiger partial charge in [-0.15, -0.1) is 0 Å². The van der Waals surface area contributed by atoms with Gasteiger partial charge in [0.2, 0.25) is 0 Å². The zero-order valence-electron chi connectivity index (χ0n) is 22.8. The first-order chi connectivity index (χ1) is 18.6. The first-order valence-corrected chi connectivity index (χ1v) is 14.2. The second-order valence-electron chi connectivity index (χ2n) is 11.1. The maximum Gasteiger partial charge on any atom is 0.459 e. The summed E-state index contributed by atoms with van der Waals surface area (Å²) in [4.78, 5) is 36.4. The van der Waals surface area contributed by atoms with Gasteiger partial charge in [-0.1, -0.05) is 45.5 Å². The molecule has 1 aromatic carbocycles. The van der Waals surface area contributed by atoms with E-state index in [0.29, 0.717) is 15.8 Å². The van der Waals surface area contributed by atoms with Crippen LogP contribution < -0.4 is 10.3 Å². The molecule has 1 saturated carbocycles. The molecule has 1 fully saturated rings. The lowest BCUT2D eigenvalue weighted by molar-refractivity contribution is -0.151. The molecule has 5 atom stereocenters. The number of ether oxygens (including phenoxy) is 1. The lowest BCUT2D eigenvalue weighted by Crippen LogP contribution is -2.50. The van der Waals surface area contributed by atoms with Crippen LogP contribution in [0, 0.1) is 5.41 Å². The first-order valence-electron chi connectivity index (χ1n) is 12.6. The highest BCUT2D eigenvalue weighted by molar-refractivity contribution is 7.50. The zero-order valence-corrected chi connectivity index (χ0v) is 23.7. The van der Waals surface area contributed by atoms with E-state index >= 15 is 4.39 Å². The van der Waals surface area contributed by atoms with Gasteiger partial charge in [0.25, 0.3) is 0 Å². The van der Waals surface area contributed by atoms with Gasteiger partial charge in [-0.05, 0) is 30.0 Å². The van der Waals surface area contributed by atoms with Crippen molar-refractivity contribution in [2.24, 2.45) is 5.41 Å². The van der Waals surface area contributed by atoms with Crippen LogP contribution in [0.5, 0.6) is 5.75 Å². The number of hydrogen-bond donors (Lipinski definition) is 3. The Hall–Kier alpha value is -3.38. The number of aliphatic hydroxyl groups is 1. The van der Waals surface area contributed by atoms with E-state index in [2.05, 4.69) is 21.5 Å². The highest BCUT2D eigenvalue weighted by Crippen LogP contribution is 2.53. The summed E-state index contributed by atoms with van der Waals surface area (Å²) in [5.74, 6) is -0.688. The number of alkyl halides is 1. The van der Waals surface area contributed by atoms with E-state index in [0.717, 1.165) is 0 Å². The third-order valence-electron chi connectivity index (χ3n) is 6.75. The second kappa shape index (κ2) is 10.9. The highest BCUT2D eigenvalue weighted by Gasteiger charge is 2.56. The summed E-state index contributed by atoms with van der Waals surface area (Å²) in [6.45, 7) is 9.91. The summed E-state index contributed by atoms with van der Waals surface area (Å²) >= 11 is 0. The Labute approximate surface area is 231 Å². The minimum absolute atomic E-state index is 0.0240. The molecule has 40 heavy (non-hydrogen) atoms. The Morgan fingerprint density at radius 2 is 2.00 bits per heavy atom. The lowest BCUT2D eigenvalue weighted by atomic mass is 9.96. The molecule has 14 heteroatoms. The minimum atomic E-state index is -4.89. The monoisotopic (exact) mass is 576 g/mol. The molecule has 1 aliphatic rings. The van der Waals surface area contributed by atoms with Crippen LogP contribution in [-0.2, 0) is 14.1 Å². The number of para-hydroxylation sites is 1. The van der Waals surface area contributed by atoms with E-state index in [1.807, 2.05) is 20.8 Å². The molecule has 216 valence electrons. The summed E-state index contributed by atoms with van der Waals surface area (Å²) in [5, 5.41) is 11.0. The highest BCUT2D eigenvalue weighted by atomic mass is 31.2. The number of esters is 1. The molecule has 4 N–H and O–H groups in total. The maximum absolute atomic E-state index is 16.8. The molecule has 0 radical (unpaired) electrons. The van der Waals surface area contributed by atoms with Gasteiger partial charge in [0, 0.05) is 6.42 Å². The van der Waals surface area contributed by atoms with Gasteiger partial charge in [0.1, 0.15) is 23.6 Å². The fourth-order valence-corrected chi connectivity index (χ4v) is 5.92. The number of hydrogen-bond acceptors (Lipinski definition) is 9. The van der Waals surface area contributed by atoms with E-state index in [9.17, 15) is 19.4 Å². The van der Waals surface area contributed by atoms with Gasteiger partial charge in [0.15, 0.2) is 17.1 Å². The average Bonchev–Trinajstić information content (AvgIpc) is 3.41. The number of nitrogens with two attached hydrogens (primary N) is 1. The van der Waals surface area contributed by atoms with Gasteiger partial charge in [0.05, 0.1) is 31.6 Å². The standard InChI is InChI=1S/C26H34FN6O6P/c1-16-19(32-15-31-21-22(28)29-14-30-23(21)32)11-20(34)26(16,27)12-33(17(2)24(35)38-13-25(3,4)5)40(36,37)39-18-9-7-6-8-10-18/h6-10,14-15,17,19-20,34H,1,11-13H2,2-5H3,(H,36,37)(H2,28,29,30)/t17-,19-,20-,26+/m0/s1. The van der Waals surface area contributed by atoms with Gasteiger partial charge < -0.3 is 29.6 Å². The summed E-state index contributed by atoms with van der Waals surface area (Å²) < 4.78 is 43.4. The fourth-order valence-electron chi connectivity index (χ4n) is 4.50. The zero-order chi connectivity index (χ0) is 29.5. The van der Waals surface area contributed by atoms with E-state index in [-0.39, 0.29) is 35.6 Å². The molecule has 0 spiro atoms. The molecule has 1 unspecified atom stereocenters. The number of rotatable bonds is 9. The van der Waals surface area contributed by atoms with Gasteiger partial charge in [-0.2, -0.15) is 4.67 Å². The van der Waals surface area contributed by atoms with Gasteiger partial charge in [-0.25, -0.2) is 23.9 Å². The number of aliphatic hydroxyl groups excluding tert-OH is 1. The van der Waals surface area contributed by atoms with Crippen LogP contribution in [0.3, 0.4) is 0 Å². The van der Waals surface area contributed by atoms with Crippen LogP contribution in [0.2, 0.25) is 0 Å². The molecule has 2 heterocycles. The lowest BCUT2D eigenvalue weighted by Gasteiger charge is -2.36. The van der Waals surface area contributed by atoms with Crippen molar-refractivity contribution >= 4 is 30.7 Å². The second-order valence-corrected chi connectivity index (χ2v) is 12.8. The van der Waals surface area contributed by atoms with Gasteiger partial charge in [-0.3, -0.25) is 4.79 Å². The largest absolute Gasteiger partial charge is 0.464 e. The molecular formula is C26H34FN6O6P. The van der Waals surface area contributed by atoms with E-state index < -0.39 is 44.1 Å². The number of benzene rings is 1. The Morgan fingerprint density at radius 1 is 1.32 bits per heavy atom.